The molecule has 1 aliphatic rings. The van der Waals surface area contributed by atoms with Gasteiger partial charge in [0.05, 0.1) is 6.61 Å². The Hall–Kier alpha value is -2.82. The lowest BCUT2D eigenvalue weighted by molar-refractivity contribution is -0.120. The summed E-state index contributed by atoms with van der Waals surface area (Å²) in [6.07, 6.45) is 5.37. The number of rotatable bonds is 7. The van der Waals surface area contributed by atoms with E-state index in [1.54, 1.807) is 30.3 Å². The van der Waals surface area contributed by atoms with E-state index < -0.39 is 0 Å². The Labute approximate surface area is 172 Å². The Morgan fingerprint density at radius 3 is 2.28 bits per heavy atom. The molecule has 0 unspecified atom stereocenters. The highest BCUT2D eigenvalue weighted by Gasteiger charge is 2.21. The maximum atomic E-state index is 12.5. The lowest BCUT2D eigenvalue weighted by Gasteiger charge is -2.20. The predicted octanol–water partition coefficient (Wildman–Crippen LogP) is 5.49. The quantitative estimate of drug-likeness (QED) is 0.652. The Kier molecular flexibility index (Phi) is 7.28. The average Bonchev–Trinajstić information content (AvgIpc) is 2.73. The molecule has 2 aromatic rings. The number of carbonyl (C=O) groups excluding carboxylic acids is 2. The summed E-state index contributed by atoms with van der Waals surface area (Å²) >= 11 is 0. The largest absolute Gasteiger partial charge is 0.493 e. The van der Waals surface area contributed by atoms with Crippen molar-refractivity contribution in [2.75, 3.05) is 17.2 Å². The molecule has 0 saturated heterocycles. The minimum absolute atomic E-state index is 0.0742. The molecular formula is C24H30N2O3. The van der Waals surface area contributed by atoms with Crippen molar-refractivity contribution in [2.24, 2.45) is 11.8 Å². The summed E-state index contributed by atoms with van der Waals surface area (Å²) in [5, 5.41) is 5.88. The van der Waals surface area contributed by atoms with Crippen LogP contribution in [0.4, 0.5) is 11.4 Å². The third-order valence-corrected chi connectivity index (χ3v) is 5.06. The van der Waals surface area contributed by atoms with Crippen LogP contribution in [-0.4, -0.2) is 18.4 Å². The van der Waals surface area contributed by atoms with Crippen molar-refractivity contribution in [3.05, 3.63) is 54.1 Å². The molecule has 0 bridgehead atoms. The van der Waals surface area contributed by atoms with E-state index in [4.69, 9.17) is 4.74 Å². The second kappa shape index (κ2) is 10.1. The molecule has 2 N–H and O–H groups in total. The fourth-order valence-corrected chi connectivity index (χ4v) is 3.45. The van der Waals surface area contributed by atoms with E-state index in [0.29, 0.717) is 29.5 Å². The van der Waals surface area contributed by atoms with Crippen LogP contribution in [0.2, 0.25) is 0 Å². The molecule has 1 fully saturated rings. The molecule has 2 amide bonds. The van der Waals surface area contributed by atoms with Crippen molar-refractivity contribution in [1.29, 1.82) is 0 Å². The van der Waals surface area contributed by atoms with Crippen molar-refractivity contribution in [3.63, 3.8) is 0 Å². The van der Waals surface area contributed by atoms with Gasteiger partial charge in [0, 0.05) is 22.9 Å². The van der Waals surface area contributed by atoms with Gasteiger partial charge in [0.2, 0.25) is 5.91 Å². The zero-order chi connectivity index (χ0) is 20.6. The van der Waals surface area contributed by atoms with E-state index in [1.165, 1.54) is 6.42 Å². The van der Waals surface area contributed by atoms with Gasteiger partial charge in [-0.15, -0.1) is 0 Å². The van der Waals surface area contributed by atoms with Crippen LogP contribution in [0.3, 0.4) is 0 Å². The van der Waals surface area contributed by atoms with E-state index in [-0.39, 0.29) is 17.7 Å². The van der Waals surface area contributed by atoms with Crippen molar-refractivity contribution >= 4 is 23.2 Å². The van der Waals surface area contributed by atoms with Crippen LogP contribution >= 0.6 is 0 Å². The first-order chi connectivity index (χ1) is 14.0. The lowest BCUT2D eigenvalue weighted by atomic mass is 9.88. The maximum Gasteiger partial charge on any atom is 0.255 e. The molecule has 1 saturated carbocycles. The van der Waals surface area contributed by atoms with E-state index in [2.05, 4.69) is 24.5 Å². The van der Waals surface area contributed by atoms with Crippen LogP contribution in [0.25, 0.3) is 0 Å². The summed E-state index contributed by atoms with van der Waals surface area (Å²) in [4.78, 5) is 25.0. The highest BCUT2D eigenvalue weighted by Crippen LogP contribution is 2.25. The average molecular weight is 395 g/mol. The number of anilines is 2. The first kappa shape index (κ1) is 20.9. The summed E-state index contributed by atoms with van der Waals surface area (Å²) in [7, 11) is 0. The van der Waals surface area contributed by atoms with Crippen molar-refractivity contribution in [3.8, 4) is 5.75 Å². The van der Waals surface area contributed by atoms with E-state index in [9.17, 15) is 9.59 Å². The summed E-state index contributed by atoms with van der Waals surface area (Å²) in [6.45, 7) is 4.83. The Morgan fingerprint density at radius 2 is 1.62 bits per heavy atom. The Balaban J connectivity index is 1.57. The molecule has 0 radical (unpaired) electrons. The first-order valence-corrected chi connectivity index (χ1v) is 10.5. The van der Waals surface area contributed by atoms with Crippen LogP contribution in [0.5, 0.6) is 5.75 Å². The van der Waals surface area contributed by atoms with Gasteiger partial charge in [0.15, 0.2) is 0 Å². The molecule has 0 spiro atoms. The van der Waals surface area contributed by atoms with Crippen molar-refractivity contribution in [2.45, 2.75) is 46.0 Å². The smallest absolute Gasteiger partial charge is 0.255 e. The molecule has 0 aromatic heterocycles. The standard InChI is InChI=1S/C24H30N2O3/c1-17(2)16-29-22-13-11-19(12-14-22)24(28)26-21-10-6-9-20(15-21)25-23(27)18-7-4-3-5-8-18/h6,9-15,17-18H,3-5,7-8,16H2,1-2H3,(H,25,27)(H,26,28). The minimum Gasteiger partial charge on any atom is -0.493 e. The van der Waals surface area contributed by atoms with Gasteiger partial charge >= 0.3 is 0 Å². The lowest BCUT2D eigenvalue weighted by Crippen LogP contribution is -2.24. The van der Waals surface area contributed by atoms with Crippen molar-refractivity contribution < 1.29 is 14.3 Å². The number of hydrogen-bond donors (Lipinski definition) is 2. The van der Waals surface area contributed by atoms with Gasteiger partial charge in [-0.1, -0.05) is 39.2 Å². The molecule has 3 rings (SSSR count). The predicted molar refractivity (Wildman–Crippen MR) is 116 cm³/mol. The monoisotopic (exact) mass is 394 g/mol. The van der Waals surface area contributed by atoms with E-state index in [0.717, 1.165) is 31.4 Å². The SMILES string of the molecule is CC(C)COc1ccc(C(=O)Nc2cccc(NC(=O)C3CCCCC3)c2)cc1. The van der Waals surface area contributed by atoms with Crippen LogP contribution in [-0.2, 0) is 4.79 Å². The van der Waals surface area contributed by atoms with Crippen LogP contribution in [0.15, 0.2) is 48.5 Å². The number of ether oxygens (including phenoxy) is 1. The number of nitrogens with one attached hydrogen (secondary N) is 2. The summed E-state index contributed by atoms with van der Waals surface area (Å²) < 4.78 is 5.65. The third kappa shape index (κ3) is 6.34. The second-order valence-electron chi connectivity index (χ2n) is 8.09. The first-order valence-electron chi connectivity index (χ1n) is 10.5. The molecular weight excluding hydrogens is 364 g/mol. The van der Waals surface area contributed by atoms with Crippen LogP contribution in [0.1, 0.15) is 56.3 Å². The number of amides is 2. The number of carbonyl (C=O) groups is 2. The normalized spacial score (nSPS) is 14.4. The Morgan fingerprint density at radius 1 is 0.966 bits per heavy atom. The highest BCUT2D eigenvalue weighted by atomic mass is 16.5. The number of benzene rings is 2. The molecule has 29 heavy (non-hydrogen) atoms. The zero-order valence-corrected chi connectivity index (χ0v) is 17.2. The fourth-order valence-electron chi connectivity index (χ4n) is 3.45. The van der Waals surface area contributed by atoms with Gasteiger partial charge in [0.1, 0.15) is 5.75 Å². The van der Waals surface area contributed by atoms with E-state index >= 15 is 0 Å². The topological polar surface area (TPSA) is 67.4 Å². The number of hydrogen-bond acceptors (Lipinski definition) is 3. The Bertz CT molecular complexity index is 824. The minimum atomic E-state index is -0.198. The van der Waals surface area contributed by atoms with Crippen molar-refractivity contribution in [1.82, 2.24) is 0 Å². The molecule has 154 valence electrons. The molecule has 1 aliphatic carbocycles. The molecule has 0 atom stereocenters. The zero-order valence-electron chi connectivity index (χ0n) is 17.2. The molecule has 2 aromatic carbocycles. The second-order valence-corrected chi connectivity index (χ2v) is 8.09. The van der Waals surface area contributed by atoms with Crippen LogP contribution in [0, 0.1) is 11.8 Å². The molecule has 0 aliphatic heterocycles. The van der Waals surface area contributed by atoms with Gasteiger partial charge in [-0.3, -0.25) is 9.59 Å². The van der Waals surface area contributed by atoms with Gasteiger partial charge < -0.3 is 15.4 Å². The molecule has 0 heterocycles. The third-order valence-electron chi connectivity index (χ3n) is 5.06. The van der Waals surface area contributed by atoms with Gasteiger partial charge in [-0.2, -0.15) is 0 Å². The molecule has 5 nitrogen and oxygen atoms in total. The summed E-state index contributed by atoms with van der Waals surface area (Å²) in [5.74, 6) is 1.17. The fraction of sp³-hybridized carbons (Fsp3) is 0.417. The highest BCUT2D eigenvalue weighted by molar-refractivity contribution is 6.04. The van der Waals surface area contributed by atoms with E-state index in [1.807, 2.05) is 18.2 Å². The van der Waals surface area contributed by atoms with Gasteiger partial charge in [-0.25, -0.2) is 0 Å². The summed E-state index contributed by atoms with van der Waals surface area (Å²) in [6, 6.07) is 14.4. The summed E-state index contributed by atoms with van der Waals surface area (Å²) in [5.41, 5.74) is 1.91. The maximum absolute atomic E-state index is 12.5. The van der Waals surface area contributed by atoms with Crippen LogP contribution < -0.4 is 15.4 Å². The van der Waals surface area contributed by atoms with Gasteiger partial charge in [-0.05, 0) is 61.2 Å². The van der Waals surface area contributed by atoms with Gasteiger partial charge in [0.25, 0.3) is 5.91 Å². The molecule has 5 heteroatoms.